The fourth-order valence-electron chi connectivity index (χ4n) is 6.75. The van der Waals surface area contributed by atoms with Gasteiger partial charge in [0, 0.05) is 29.9 Å². The minimum Gasteiger partial charge on any atom is -0.335 e. The van der Waals surface area contributed by atoms with E-state index in [1.54, 1.807) is 0 Å². The Kier molecular flexibility index (Phi) is 5.59. The second-order valence-corrected chi connectivity index (χ2v) is 11.0. The topological polar surface area (TPSA) is 32.3 Å². The fourth-order valence-corrected chi connectivity index (χ4v) is 7.78. The van der Waals surface area contributed by atoms with E-state index in [1.807, 2.05) is 11.3 Å². The highest BCUT2D eigenvalue weighted by Crippen LogP contribution is 2.49. The summed E-state index contributed by atoms with van der Waals surface area (Å²) in [7, 11) is 0. The summed E-state index contributed by atoms with van der Waals surface area (Å²) in [4.78, 5) is 18.1. The van der Waals surface area contributed by atoms with Crippen LogP contribution in [0.1, 0.15) is 59.2 Å². The number of likely N-dealkylation sites (tertiary alicyclic amines) is 1. The van der Waals surface area contributed by atoms with Crippen LogP contribution in [0.5, 0.6) is 0 Å². The number of thiophene rings is 1. The molecule has 2 aromatic carbocycles. The van der Waals surface area contributed by atoms with E-state index in [1.165, 1.54) is 34.4 Å². The number of benzene rings is 2. The normalized spacial score (nSPS) is 29.2. The monoisotopic (exact) mass is 456 g/mol. The van der Waals surface area contributed by atoms with E-state index in [4.69, 9.17) is 0 Å². The summed E-state index contributed by atoms with van der Waals surface area (Å²) in [5.41, 5.74) is 4.10. The lowest BCUT2D eigenvalue weighted by Crippen LogP contribution is -2.50. The minimum atomic E-state index is -0.0256. The molecule has 1 aromatic heterocycles. The van der Waals surface area contributed by atoms with Crippen molar-refractivity contribution >= 4 is 17.2 Å². The predicted octanol–water partition coefficient (Wildman–Crippen LogP) is 5.69. The van der Waals surface area contributed by atoms with Crippen LogP contribution < -0.4 is 5.32 Å². The lowest BCUT2D eigenvalue weighted by Gasteiger charge is -2.45. The standard InChI is InChI=1S/C29H32N2OS/c32-28(25-19-30-20-29(25)15-7-12-27-24(29)14-17-33-27)31-16-13-23(21-8-3-1-4-9-21)18-26(31)22-10-5-2-6-11-22/h1-6,8-11,14,17,23,25-26,30H,7,12-13,15-16,18-20H2/t23-,25+,26+,29+/m1/s1. The molecule has 1 N–H and O–H groups in total. The summed E-state index contributed by atoms with van der Waals surface area (Å²) in [5, 5.41) is 5.86. The van der Waals surface area contributed by atoms with Crippen LogP contribution in [0.3, 0.4) is 0 Å². The Labute approximate surface area is 200 Å². The number of nitrogens with one attached hydrogen (secondary N) is 1. The molecule has 0 unspecified atom stereocenters. The second-order valence-electron chi connectivity index (χ2n) is 10.0. The summed E-state index contributed by atoms with van der Waals surface area (Å²) in [6.07, 6.45) is 5.52. The number of hydrogen-bond donors (Lipinski definition) is 1. The zero-order valence-electron chi connectivity index (χ0n) is 19.1. The SMILES string of the molecule is O=C([C@@H]1CNC[C@]12CCCc1sccc12)N1CC[C@@H](c2ccccc2)C[C@H]1c1ccccc1. The van der Waals surface area contributed by atoms with Crippen LogP contribution in [0.15, 0.2) is 72.1 Å². The molecule has 3 aromatic rings. The Morgan fingerprint density at radius 1 is 1.00 bits per heavy atom. The van der Waals surface area contributed by atoms with Crippen molar-refractivity contribution in [2.45, 2.75) is 49.5 Å². The summed E-state index contributed by atoms with van der Waals surface area (Å²) in [6.45, 7) is 2.57. The van der Waals surface area contributed by atoms with Gasteiger partial charge in [0.25, 0.3) is 0 Å². The van der Waals surface area contributed by atoms with Gasteiger partial charge in [-0.1, -0.05) is 60.7 Å². The molecule has 6 rings (SSSR count). The van der Waals surface area contributed by atoms with E-state index in [9.17, 15) is 4.79 Å². The van der Waals surface area contributed by atoms with Crippen molar-refractivity contribution in [2.24, 2.45) is 5.92 Å². The smallest absolute Gasteiger partial charge is 0.228 e. The van der Waals surface area contributed by atoms with E-state index < -0.39 is 0 Å². The highest BCUT2D eigenvalue weighted by molar-refractivity contribution is 7.10. The first kappa shape index (κ1) is 21.1. The highest BCUT2D eigenvalue weighted by atomic mass is 32.1. The quantitative estimate of drug-likeness (QED) is 0.549. The van der Waals surface area contributed by atoms with Crippen LogP contribution in [-0.4, -0.2) is 30.4 Å². The molecule has 33 heavy (non-hydrogen) atoms. The zero-order chi connectivity index (χ0) is 22.3. The highest BCUT2D eigenvalue weighted by Gasteiger charge is 2.52. The summed E-state index contributed by atoms with van der Waals surface area (Å²) >= 11 is 1.88. The van der Waals surface area contributed by atoms with Crippen molar-refractivity contribution in [3.63, 3.8) is 0 Å². The number of rotatable bonds is 3. The summed E-state index contributed by atoms with van der Waals surface area (Å²) in [6, 6.07) is 24.0. The van der Waals surface area contributed by atoms with Crippen LogP contribution >= 0.6 is 11.3 Å². The number of hydrogen-bond acceptors (Lipinski definition) is 3. The van der Waals surface area contributed by atoms with Crippen LogP contribution in [0.4, 0.5) is 0 Å². The molecule has 0 saturated carbocycles. The molecule has 1 aliphatic carbocycles. The molecule has 3 heterocycles. The molecular formula is C29H32N2OS. The molecular weight excluding hydrogens is 424 g/mol. The van der Waals surface area contributed by atoms with E-state index in [2.05, 4.69) is 82.3 Å². The Morgan fingerprint density at radius 2 is 1.76 bits per heavy atom. The number of carbonyl (C=O) groups excluding carboxylic acids is 1. The maximum atomic E-state index is 14.3. The van der Waals surface area contributed by atoms with Gasteiger partial charge in [-0.3, -0.25) is 4.79 Å². The van der Waals surface area contributed by atoms with Gasteiger partial charge in [-0.25, -0.2) is 0 Å². The molecule has 2 saturated heterocycles. The maximum Gasteiger partial charge on any atom is 0.228 e. The largest absolute Gasteiger partial charge is 0.335 e. The number of aryl methyl sites for hydroxylation is 1. The number of nitrogens with zero attached hydrogens (tertiary/aromatic N) is 1. The molecule has 2 fully saturated rings. The lowest BCUT2D eigenvalue weighted by molar-refractivity contribution is -0.141. The zero-order valence-corrected chi connectivity index (χ0v) is 19.9. The number of amides is 1. The van der Waals surface area contributed by atoms with Crippen LogP contribution in [0.2, 0.25) is 0 Å². The van der Waals surface area contributed by atoms with Crippen molar-refractivity contribution in [3.05, 3.63) is 93.7 Å². The fraction of sp³-hybridized carbons (Fsp3) is 0.414. The number of fused-ring (bicyclic) bond motifs is 2. The summed E-state index contributed by atoms with van der Waals surface area (Å²) in [5.74, 6) is 0.888. The van der Waals surface area contributed by atoms with Crippen molar-refractivity contribution in [1.82, 2.24) is 10.2 Å². The van der Waals surface area contributed by atoms with E-state index in [-0.39, 0.29) is 17.4 Å². The molecule has 170 valence electrons. The van der Waals surface area contributed by atoms with Crippen molar-refractivity contribution in [1.29, 1.82) is 0 Å². The molecule has 4 atom stereocenters. The van der Waals surface area contributed by atoms with Crippen LogP contribution in [-0.2, 0) is 16.6 Å². The minimum absolute atomic E-state index is 0.0256. The second kappa shape index (κ2) is 8.73. The van der Waals surface area contributed by atoms with Gasteiger partial charge in [-0.2, -0.15) is 0 Å². The lowest BCUT2D eigenvalue weighted by atomic mass is 9.65. The summed E-state index contributed by atoms with van der Waals surface area (Å²) < 4.78 is 0. The van der Waals surface area contributed by atoms with Gasteiger partial charge >= 0.3 is 0 Å². The molecule has 2 aliphatic heterocycles. The molecule has 0 radical (unpaired) electrons. The van der Waals surface area contributed by atoms with Crippen molar-refractivity contribution < 1.29 is 4.79 Å². The van der Waals surface area contributed by atoms with Gasteiger partial charge in [0.2, 0.25) is 5.91 Å². The van der Waals surface area contributed by atoms with E-state index in [0.29, 0.717) is 11.8 Å². The maximum absolute atomic E-state index is 14.3. The first-order chi connectivity index (χ1) is 16.3. The first-order valence-corrected chi connectivity index (χ1v) is 13.3. The average Bonchev–Trinajstić information content (AvgIpc) is 3.53. The molecule has 1 spiro atoms. The third-order valence-electron chi connectivity index (χ3n) is 8.40. The van der Waals surface area contributed by atoms with Gasteiger partial charge in [-0.05, 0) is 66.2 Å². The van der Waals surface area contributed by atoms with E-state index in [0.717, 1.165) is 38.9 Å². The molecule has 4 heteroatoms. The number of piperidine rings is 1. The van der Waals surface area contributed by atoms with Crippen LogP contribution in [0.25, 0.3) is 0 Å². The van der Waals surface area contributed by atoms with Gasteiger partial charge in [0.05, 0.1) is 12.0 Å². The first-order valence-electron chi connectivity index (χ1n) is 12.4. The Hall–Kier alpha value is -2.43. The molecule has 1 amide bonds. The Balaban J connectivity index is 1.33. The number of carbonyl (C=O) groups is 1. The van der Waals surface area contributed by atoms with Gasteiger partial charge < -0.3 is 10.2 Å². The molecule has 3 nitrogen and oxygen atoms in total. The molecule has 0 bridgehead atoms. The van der Waals surface area contributed by atoms with E-state index >= 15 is 0 Å². The predicted molar refractivity (Wildman–Crippen MR) is 135 cm³/mol. The van der Waals surface area contributed by atoms with Crippen molar-refractivity contribution in [2.75, 3.05) is 19.6 Å². The Morgan fingerprint density at radius 3 is 2.55 bits per heavy atom. The third kappa shape index (κ3) is 3.64. The van der Waals surface area contributed by atoms with Crippen molar-refractivity contribution in [3.8, 4) is 0 Å². The third-order valence-corrected chi connectivity index (χ3v) is 9.38. The van der Waals surface area contributed by atoms with Gasteiger partial charge in [-0.15, -0.1) is 11.3 Å². The van der Waals surface area contributed by atoms with Crippen LogP contribution in [0, 0.1) is 5.92 Å². The Bertz CT molecular complexity index is 1110. The van der Waals surface area contributed by atoms with Gasteiger partial charge in [0.15, 0.2) is 0 Å². The molecule has 3 aliphatic rings. The average molecular weight is 457 g/mol. The van der Waals surface area contributed by atoms with Gasteiger partial charge in [0.1, 0.15) is 0 Å².